The van der Waals surface area contributed by atoms with Crippen molar-refractivity contribution in [3.8, 4) is 6.07 Å². The molecule has 0 aromatic carbocycles. The van der Waals surface area contributed by atoms with Gasteiger partial charge < -0.3 is 34.5 Å². The number of rotatable bonds is 0. The summed E-state index contributed by atoms with van der Waals surface area (Å²) in [5.41, 5.74) is 0. The summed E-state index contributed by atoms with van der Waals surface area (Å²) in [6.07, 6.45) is 20.1. The van der Waals surface area contributed by atoms with Crippen molar-refractivity contribution in [2.24, 2.45) is 70.5 Å². The predicted octanol–water partition coefficient (Wildman–Crippen LogP) is -3.66. The van der Waals surface area contributed by atoms with Gasteiger partial charge in [-0.05, 0) is 0 Å². The van der Waals surface area contributed by atoms with Gasteiger partial charge in [0.2, 0.25) is 0 Å². The zero-order valence-corrected chi connectivity index (χ0v) is 42.0. The number of hydrogen-bond donors (Lipinski definition) is 0. The SMILES string of the molecule is CC#N.Cn1cc[n+](C)c1[Se-].Cn1cc[n+](C)c1[Se-].Cn1cc[n+](C)c1[Se-].Cn1cc[n+](C)c1[Se-].Cn1cc[n+](C)c1[Se-].F[B-](F)(F)F.F[B-](F)(F)F.[Cu+].[Cu+]. The van der Waals surface area contributed by atoms with E-state index in [1.54, 1.807) is 6.07 Å². The molecule has 5 aromatic rings. The van der Waals surface area contributed by atoms with Crippen molar-refractivity contribution < 1.29 is 91.5 Å². The van der Waals surface area contributed by atoms with Crippen LogP contribution in [0.5, 0.6) is 0 Å². The van der Waals surface area contributed by atoms with Crippen molar-refractivity contribution in [2.45, 2.75) is 6.92 Å². The smallest absolute Gasteiger partial charge is 0.418 e. The van der Waals surface area contributed by atoms with E-state index in [0.717, 1.165) is 23.6 Å². The topological polar surface area (TPSA) is 67.8 Å². The van der Waals surface area contributed by atoms with Gasteiger partial charge in [0.05, 0.1) is 6.07 Å². The number of aromatic nitrogens is 10. The molecule has 0 atom stereocenters. The Morgan fingerprint density at radius 1 is 0.436 bits per heavy atom. The molecule has 0 fully saturated rings. The molecule has 0 spiro atoms. The zero-order chi connectivity index (χ0) is 42.4. The van der Waals surface area contributed by atoms with Gasteiger partial charge >= 0.3 is 330 Å². The Hall–Kier alpha value is -1.25. The third-order valence-electron chi connectivity index (χ3n) is 5.59. The van der Waals surface area contributed by atoms with Gasteiger partial charge in [-0.1, -0.05) is 0 Å². The molecule has 11 nitrogen and oxygen atoms in total. The first-order valence-corrected chi connectivity index (χ1v) is 18.7. The fourth-order valence-corrected chi connectivity index (χ4v) is 4.16. The molecule has 0 aliphatic heterocycles. The Kier molecular flexibility index (Phi) is 36.3. The predicted molar refractivity (Wildman–Crippen MR) is 192 cm³/mol. The number of halogens is 8. The van der Waals surface area contributed by atoms with Crippen LogP contribution >= 0.6 is 0 Å². The molecule has 5 aromatic heterocycles. The standard InChI is InChI=1S/5C5H8N2Se.C2H3N.2BF4.2Cu/c5*1-6-3-4-7(2)5(6)8;1-2-3;2*2-1(3,4)5;;/h5*3-4H,1-2H3;1H3;;;;/q;;;;;;2*-1;2*+1. The van der Waals surface area contributed by atoms with E-state index in [1.165, 1.54) is 6.92 Å². The third-order valence-corrected chi connectivity index (χ3v) is 11.6. The van der Waals surface area contributed by atoms with E-state index in [2.05, 4.69) is 80.1 Å². The van der Waals surface area contributed by atoms with Gasteiger partial charge in [0.25, 0.3) is 0 Å². The number of nitriles is 1. The van der Waals surface area contributed by atoms with Crippen LogP contribution in [0.25, 0.3) is 0 Å². The first-order valence-electron chi connectivity index (χ1n) is 14.4. The van der Waals surface area contributed by atoms with E-state index in [4.69, 9.17) is 5.26 Å². The van der Waals surface area contributed by atoms with E-state index in [-0.39, 0.29) is 34.1 Å². The molecule has 28 heteroatoms. The summed E-state index contributed by atoms with van der Waals surface area (Å²) < 4.78 is 104. The molecule has 0 bridgehead atoms. The van der Waals surface area contributed by atoms with Crippen molar-refractivity contribution in [3.63, 3.8) is 0 Å². The van der Waals surface area contributed by atoms with Crippen LogP contribution in [-0.4, -0.2) is 117 Å². The Morgan fingerprint density at radius 3 is 0.545 bits per heavy atom. The van der Waals surface area contributed by atoms with Gasteiger partial charge in [-0.2, -0.15) is 5.26 Å². The van der Waals surface area contributed by atoms with Crippen molar-refractivity contribution in [2.75, 3.05) is 0 Å². The molecule has 0 unspecified atom stereocenters. The summed E-state index contributed by atoms with van der Waals surface area (Å²) in [5, 5.41) is 7.32. The van der Waals surface area contributed by atoms with Crippen molar-refractivity contribution in [1.82, 2.24) is 22.8 Å². The molecular formula is C27H43B2Cu2F8N11Se5. The van der Waals surface area contributed by atoms with Crippen LogP contribution in [-0.2, 0) is 105 Å². The molecule has 0 aliphatic carbocycles. The summed E-state index contributed by atoms with van der Waals surface area (Å²) in [7, 11) is 8.06. The van der Waals surface area contributed by atoms with Gasteiger partial charge in [-0.25, -0.2) is 0 Å². The summed E-state index contributed by atoms with van der Waals surface area (Å²) >= 11 is 14.7. The van der Waals surface area contributed by atoms with Gasteiger partial charge in [0.15, 0.2) is 0 Å². The number of nitrogens with zero attached hydrogens (tertiary/aromatic N) is 11. The van der Waals surface area contributed by atoms with Crippen LogP contribution < -0.4 is 46.4 Å². The maximum absolute atomic E-state index is 9.75. The van der Waals surface area contributed by atoms with Crippen molar-refractivity contribution in [1.29, 1.82) is 5.26 Å². The quantitative estimate of drug-likeness (QED) is 0.0898. The molecule has 5 rings (SSSR count). The third kappa shape index (κ3) is 33.4. The van der Waals surface area contributed by atoms with Crippen LogP contribution in [0.15, 0.2) is 62.0 Å². The van der Waals surface area contributed by atoms with Crippen LogP contribution in [0, 0.1) is 11.3 Å². The molecule has 0 saturated carbocycles. The van der Waals surface area contributed by atoms with E-state index in [0.29, 0.717) is 0 Å². The van der Waals surface area contributed by atoms with E-state index >= 15 is 0 Å². The summed E-state index contributed by atoms with van der Waals surface area (Å²) in [6.45, 7) is 1.43. The molecule has 0 aliphatic rings. The minimum absolute atomic E-state index is 0. The van der Waals surface area contributed by atoms with Crippen LogP contribution in [0.4, 0.5) is 34.5 Å². The van der Waals surface area contributed by atoms with Gasteiger partial charge in [-0.3, -0.25) is 0 Å². The average molecular weight is 1220 g/mol. The summed E-state index contributed by atoms with van der Waals surface area (Å²) in [5.74, 6) is 0. The Balaban J connectivity index is -0.000000175. The maximum Gasteiger partial charge on any atom is 1.00 e. The van der Waals surface area contributed by atoms with Crippen LogP contribution in [0.2, 0.25) is 0 Å². The Bertz CT molecular complexity index is 1430. The molecule has 0 amide bonds. The van der Waals surface area contributed by atoms with Gasteiger partial charge in [-0.15, -0.1) is 0 Å². The van der Waals surface area contributed by atoms with E-state index in [1.807, 2.05) is 178 Å². The van der Waals surface area contributed by atoms with E-state index < -0.39 is 14.5 Å². The normalized spacial score (nSPS) is 9.42. The molecule has 0 N–H and O–H groups in total. The number of aryl methyl sites for hydroxylation is 10. The van der Waals surface area contributed by atoms with Crippen LogP contribution in [0.1, 0.15) is 6.92 Å². The monoisotopic (exact) mass is 1220 g/mol. The molecular weight excluding hydrogens is 1170 g/mol. The molecule has 320 valence electrons. The first kappa shape index (κ1) is 62.9. The Morgan fingerprint density at radius 2 is 0.527 bits per heavy atom. The van der Waals surface area contributed by atoms with Gasteiger partial charge in [0.1, 0.15) is 0 Å². The fourth-order valence-electron chi connectivity index (χ4n) is 2.88. The van der Waals surface area contributed by atoms with Crippen molar-refractivity contribution >= 4 is 118 Å². The number of hydrogen-bond acceptors (Lipinski definition) is 1. The second-order valence-electron chi connectivity index (χ2n) is 10.2. The molecule has 0 radical (unpaired) electrons. The molecule has 0 saturated heterocycles. The minimum Gasteiger partial charge on any atom is -0.418 e. The van der Waals surface area contributed by atoms with Crippen LogP contribution in [0.3, 0.4) is 0 Å². The van der Waals surface area contributed by atoms with Crippen molar-refractivity contribution in [3.05, 3.63) is 62.0 Å². The number of imidazole rings is 5. The van der Waals surface area contributed by atoms with E-state index in [9.17, 15) is 34.5 Å². The average Bonchev–Trinajstić information content (AvgIpc) is 3.78. The molecule has 5 heterocycles. The molecule has 55 heavy (non-hydrogen) atoms. The first-order chi connectivity index (χ1) is 24.0. The fraction of sp³-hybridized carbons (Fsp3) is 0.407. The second kappa shape index (κ2) is 31.7. The summed E-state index contributed by atoms with van der Waals surface area (Å²) in [6, 6.07) is 1.75. The summed E-state index contributed by atoms with van der Waals surface area (Å²) in [4.78, 5) is 0. The Labute approximate surface area is 380 Å². The maximum atomic E-state index is 9.75. The zero-order valence-electron chi connectivity index (χ0n) is 31.5. The largest absolute Gasteiger partial charge is 1.00 e. The second-order valence-corrected chi connectivity index (χ2v) is 14.1. The minimum atomic E-state index is -6.00. The van der Waals surface area contributed by atoms with Gasteiger partial charge in [0, 0.05) is 6.92 Å².